The zero-order chi connectivity index (χ0) is 8.69. The molecule has 0 rings (SSSR count). The quantitative estimate of drug-likeness (QED) is 0.386. The first kappa shape index (κ1) is 11.1. The summed E-state index contributed by atoms with van der Waals surface area (Å²) in [4.78, 5) is 9.13. The van der Waals surface area contributed by atoms with Gasteiger partial charge in [-0.3, -0.25) is 0 Å². The smallest absolute Gasteiger partial charge is 0.204 e. The van der Waals surface area contributed by atoms with Crippen molar-refractivity contribution >= 4 is 9.04 Å². The number of nitrogens with one attached hydrogen (secondary N) is 1. The fraction of sp³-hybridized carbons (Fsp3) is 1.00. The summed E-state index contributed by atoms with van der Waals surface area (Å²) in [6.07, 6.45) is 0. The highest BCUT2D eigenvalue weighted by Crippen LogP contribution is 2.02. The Morgan fingerprint density at radius 1 is 1.64 bits per heavy atom. The molecule has 1 atom stereocenters. The molecule has 0 aromatic rings. The third kappa shape index (κ3) is 8.00. The van der Waals surface area contributed by atoms with Gasteiger partial charge in [-0.15, -0.1) is 0 Å². The molecule has 0 saturated carbocycles. The van der Waals surface area contributed by atoms with Crippen molar-refractivity contribution in [1.82, 2.24) is 5.32 Å². The third-order valence-electron chi connectivity index (χ3n) is 1.46. The summed E-state index contributed by atoms with van der Waals surface area (Å²) in [5.74, 6) is 0.574. The number of hydrogen-bond acceptors (Lipinski definition) is 3. The van der Waals surface area contributed by atoms with Crippen molar-refractivity contribution in [2.75, 3.05) is 19.6 Å². The molecular weight excluding hydrogens is 156 g/mol. The van der Waals surface area contributed by atoms with Crippen molar-refractivity contribution < 1.29 is 4.80 Å². The van der Waals surface area contributed by atoms with Crippen molar-refractivity contribution in [3.63, 3.8) is 0 Å². The molecule has 0 saturated heterocycles. The van der Waals surface area contributed by atoms with Crippen LogP contribution in [0.2, 0.25) is 12.6 Å². The van der Waals surface area contributed by atoms with Gasteiger partial charge in [-0.1, -0.05) is 6.92 Å². The summed E-state index contributed by atoms with van der Waals surface area (Å²) in [5.41, 5.74) is 5.31. The third-order valence-corrected chi connectivity index (χ3v) is 2.75. The highest BCUT2D eigenvalue weighted by Gasteiger charge is 2.06. The number of nitrogens with two attached hydrogens (primary N) is 1. The Bertz CT molecular complexity index is 90.5. The normalized spacial score (nSPS) is 13.9. The summed E-state index contributed by atoms with van der Waals surface area (Å²) in [6, 6.07) is 0.961. The minimum Gasteiger partial charge on any atom is -0.432 e. The number of rotatable bonds is 6. The highest BCUT2D eigenvalue weighted by molar-refractivity contribution is 6.48. The van der Waals surface area contributed by atoms with Crippen LogP contribution in [-0.4, -0.2) is 33.5 Å². The summed E-state index contributed by atoms with van der Waals surface area (Å²) in [6.45, 7) is 6.61. The molecule has 4 heteroatoms. The SMILES string of the molecule is CC(CNCCN)C[Si](C)O. The molecule has 0 aliphatic heterocycles. The van der Waals surface area contributed by atoms with E-state index in [4.69, 9.17) is 10.5 Å². The van der Waals surface area contributed by atoms with Gasteiger partial charge in [0.1, 0.15) is 0 Å². The van der Waals surface area contributed by atoms with E-state index in [1.54, 1.807) is 0 Å². The van der Waals surface area contributed by atoms with Crippen LogP contribution in [0, 0.1) is 5.92 Å². The van der Waals surface area contributed by atoms with E-state index in [0.717, 1.165) is 19.1 Å². The second-order valence-electron chi connectivity index (χ2n) is 3.04. The molecule has 67 valence electrons. The molecule has 0 aromatic carbocycles. The fourth-order valence-electron chi connectivity index (χ4n) is 1.03. The van der Waals surface area contributed by atoms with Crippen LogP contribution in [0.15, 0.2) is 0 Å². The van der Waals surface area contributed by atoms with Crippen LogP contribution in [0.4, 0.5) is 0 Å². The Hall–Kier alpha value is 0.0969. The van der Waals surface area contributed by atoms with Gasteiger partial charge in [-0.25, -0.2) is 0 Å². The molecule has 0 bridgehead atoms. The number of hydrogen-bond donors (Lipinski definition) is 3. The lowest BCUT2D eigenvalue weighted by Crippen LogP contribution is -2.28. The predicted molar refractivity (Wildman–Crippen MR) is 49.7 cm³/mol. The molecule has 3 nitrogen and oxygen atoms in total. The van der Waals surface area contributed by atoms with Crippen molar-refractivity contribution in [2.45, 2.75) is 19.5 Å². The lowest BCUT2D eigenvalue weighted by molar-refractivity contribution is 0.512. The van der Waals surface area contributed by atoms with Gasteiger partial charge < -0.3 is 15.8 Å². The second kappa shape index (κ2) is 6.79. The van der Waals surface area contributed by atoms with Crippen LogP contribution in [0.5, 0.6) is 0 Å². The van der Waals surface area contributed by atoms with Crippen molar-refractivity contribution in [3.8, 4) is 0 Å². The van der Waals surface area contributed by atoms with Crippen LogP contribution in [0.1, 0.15) is 6.92 Å². The largest absolute Gasteiger partial charge is 0.432 e. The summed E-state index contributed by atoms with van der Waals surface area (Å²) in [5, 5.41) is 3.22. The molecule has 1 radical (unpaired) electrons. The Kier molecular flexibility index (Phi) is 6.85. The average molecular weight is 175 g/mol. The van der Waals surface area contributed by atoms with Crippen LogP contribution in [-0.2, 0) is 0 Å². The maximum atomic E-state index is 9.13. The molecule has 11 heavy (non-hydrogen) atoms. The van der Waals surface area contributed by atoms with Gasteiger partial charge in [0.25, 0.3) is 0 Å². The van der Waals surface area contributed by atoms with Crippen LogP contribution >= 0.6 is 0 Å². The molecular formula is C7H19N2OSi. The van der Waals surface area contributed by atoms with Crippen molar-refractivity contribution in [2.24, 2.45) is 11.7 Å². The minimum atomic E-state index is -1.04. The van der Waals surface area contributed by atoms with Gasteiger partial charge >= 0.3 is 0 Å². The highest BCUT2D eigenvalue weighted by atomic mass is 28.3. The van der Waals surface area contributed by atoms with Gasteiger partial charge in [-0.2, -0.15) is 0 Å². The fourth-order valence-corrected chi connectivity index (χ4v) is 2.18. The van der Waals surface area contributed by atoms with E-state index in [2.05, 4.69) is 12.2 Å². The van der Waals surface area contributed by atoms with E-state index in [1.165, 1.54) is 0 Å². The van der Waals surface area contributed by atoms with E-state index < -0.39 is 9.04 Å². The van der Waals surface area contributed by atoms with Gasteiger partial charge in [0.2, 0.25) is 9.04 Å². The van der Waals surface area contributed by atoms with Crippen molar-refractivity contribution in [3.05, 3.63) is 0 Å². The van der Waals surface area contributed by atoms with E-state index in [9.17, 15) is 0 Å². The Labute approximate surface area is 70.7 Å². The molecule has 0 amide bonds. The van der Waals surface area contributed by atoms with Gasteiger partial charge in [-0.05, 0) is 25.1 Å². The van der Waals surface area contributed by atoms with E-state index in [-0.39, 0.29) is 0 Å². The molecule has 0 aromatic heterocycles. The lowest BCUT2D eigenvalue weighted by atomic mass is 10.2. The Balaban J connectivity index is 3.15. The Morgan fingerprint density at radius 3 is 2.73 bits per heavy atom. The molecule has 0 heterocycles. The minimum absolute atomic E-state index is 0.574. The first-order chi connectivity index (χ1) is 5.16. The summed E-state index contributed by atoms with van der Waals surface area (Å²) >= 11 is 0. The van der Waals surface area contributed by atoms with Crippen LogP contribution < -0.4 is 11.1 Å². The standard InChI is InChI=1S/C7H19N2OSi/c1-7(6-11(2)10)5-9-4-3-8/h7,9-10H,3-6,8H2,1-2H3. The van der Waals surface area contributed by atoms with Crippen LogP contribution in [0.25, 0.3) is 0 Å². The van der Waals surface area contributed by atoms with Gasteiger partial charge in [0, 0.05) is 13.1 Å². The molecule has 0 aliphatic carbocycles. The summed E-state index contributed by atoms with van der Waals surface area (Å²) < 4.78 is 0. The molecule has 0 aliphatic rings. The molecule has 0 spiro atoms. The zero-order valence-corrected chi connectivity index (χ0v) is 8.43. The van der Waals surface area contributed by atoms with E-state index in [0.29, 0.717) is 12.5 Å². The topological polar surface area (TPSA) is 58.3 Å². The maximum Gasteiger partial charge on any atom is 0.204 e. The first-order valence-corrected chi connectivity index (χ1v) is 6.24. The lowest BCUT2D eigenvalue weighted by Gasteiger charge is -2.11. The van der Waals surface area contributed by atoms with Gasteiger partial charge in [0.05, 0.1) is 0 Å². The summed E-state index contributed by atoms with van der Waals surface area (Å²) in [7, 11) is -1.04. The van der Waals surface area contributed by atoms with Crippen molar-refractivity contribution in [1.29, 1.82) is 0 Å². The average Bonchev–Trinajstić information content (AvgIpc) is 1.86. The van der Waals surface area contributed by atoms with E-state index in [1.807, 2.05) is 6.55 Å². The Morgan fingerprint density at radius 2 is 2.27 bits per heavy atom. The zero-order valence-electron chi connectivity index (χ0n) is 7.43. The molecule has 0 fully saturated rings. The van der Waals surface area contributed by atoms with Gasteiger partial charge in [0.15, 0.2) is 0 Å². The second-order valence-corrected chi connectivity index (χ2v) is 4.92. The monoisotopic (exact) mass is 175 g/mol. The van der Waals surface area contributed by atoms with Crippen LogP contribution in [0.3, 0.4) is 0 Å². The molecule has 4 N–H and O–H groups in total. The first-order valence-electron chi connectivity index (χ1n) is 4.09. The maximum absolute atomic E-state index is 9.13. The predicted octanol–water partition coefficient (Wildman–Crippen LogP) is -0.216. The van der Waals surface area contributed by atoms with E-state index >= 15 is 0 Å². The molecule has 1 unspecified atom stereocenters.